The van der Waals surface area contributed by atoms with Gasteiger partial charge in [0.05, 0.1) is 0 Å². The zero-order chi connectivity index (χ0) is 14.7. The van der Waals surface area contributed by atoms with Crippen LogP contribution in [0, 0.1) is 5.82 Å². The fraction of sp³-hybridized carbons (Fsp3) is 0.158. The maximum absolute atomic E-state index is 13.0. The lowest BCUT2D eigenvalue weighted by Crippen LogP contribution is -2.19. The van der Waals surface area contributed by atoms with Crippen LogP contribution in [-0.4, -0.2) is 7.05 Å². The van der Waals surface area contributed by atoms with Gasteiger partial charge in [-0.1, -0.05) is 54.6 Å². The van der Waals surface area contributed by atoms with Crippen molar-refractivity contribution in [1.82, 2.24) is 5.32 Å². The van der Waals surface area contributed by atoms with Crippen LogP contribution < -0.4 is 5.32 Å². The largest absolute Gasteiger partial charge is 0.313 e. The molecule has 0 aliphatic heterocycles. The molecular weight excluding hydrogens is 261 g/mol. The number of rotatable bonds is 4. The highest BCUT2D eigenvalue weighted by Gasteiger charge is 2.13. The summed E-state index contributed by atoms with van der Waals surface area (Å²) in [6.07, 6.45) is 0.838. The molecule has 0 saturated heterocycles. The fourth-order valence-corrected chi connectivity index (χ4v) is 2.78. The second kappa shape index (κ2) is 6.06. The summed E-state index contributed by atoms with van der Waals surface area (Å²) in [7, 11) is 1.97. The third-order valence-corrected chi connectivity index (χ3v) is 3.90. The van der Waals surface area contributed by atoms with Crippen LogP contribution in [0.1, 0.15) is 17.2 Å². The Morgan fingerprint density at radius 3 is 2.38 bits per heavy atom. The van der Waals surface area contributed by atoms with Crippen LogP contribution in [-0.2, 0) is 6.42 Å². The van der Waals surface area contributed by atoms with Gasteiger partial charge in [-0.15, -0.1) is 0 Å². The minimum Gasteiger partial charge on any atom is -0.313 e. The van der Waals surface area contributed by atoms with Gasteiger partial charge in [-0.2, -0.15) is 0 Å². The van der Waals surface area contributed by atoms with Crippen molar-refractivity contribution in [2.24, 2.45) is 0 Å². The van der Waals surface area contributed by atoms with Gasteiger partial charge in [0.15, 0.2) is 0 Å². The Kier molecular flexibility index (Phi) is 3.98. The minimum atomic E-state index is -0.190. The molecule has 1 nitrogen and oxygen atoms in total. The van der Waals surface area contributed by atoms with E-state index >= 15 is 0 Å². The average molecular weight is 279 g/mol. The van der Waals surface area contributed by atoms with Gasteiger partial charge in [-0.05, 0) is 47.5 Å². The zero-order valence-electron chi connectivity index (χ0n) is 12.0. The van der Waals surface area contributed by atoms with Crippen molar-refractivity contribution in [3.05, 3.63) is 83.7 Å². The van der Waals surface area contributed by atoms with E-state index in [1.165, 1.54) is 28.5 Å². The van der Waals surface area contributed by atoms with Crippen molar-refractivity contribution < 1.29 is 4.39 Å². The van der Waals surface area contributed by atoms with Crippen LogP contribution >= 0.6 is 0 Å². The number of fused-ring (bicyclic) bond motifs is 1. The third-order valence-electron chi connectivity index (χ3n) is 3.90. The van der Waals surface area contributed by atoms with Crippen LogP contribution in [0.5, 0.6) is 0 Å². The highest BCUT2D eigenvalue weighted by Crippen LogP contribution is 2.26. The highest BCUT2D eigenvalue weighted by molar-refractivity contribution is 5.86. The van der Waals surface area contributed by atoms with Crippen molar-refractivity contribution in [2.45, 2.75) is 12.5 Å². The van der Waals surface area contributed by atoms with E-state index in [9.17, 15) is 4.39 Å². The zero-order valence-corrected chi connectivity index (χ0v) is 12.0. The molecule has 0 bridgehead atoms. The summed E-state index contributed by atoms with van der Waals surface area (Å²) < 4.78 is 13.0. The molecule has 0 aromatic heterocycles. The van der Waals surface area contributed by atoms with Gasteiger partial charge < -0.3 is 5.32 Å². The average Bonchev–Trinajstić information content (AvgIpc) is 2.54. The summed E-state index contributed by atoms with van der Waals surface area (Å²) in [5.41, 5.74) is 2.41. The van der Waals surface area contributed by atoms with Crippen molar-refractivity contribution in [3.63, 3.8) is 0 Å². The molecule has 0 radical (unpaired) electrons. The first-order chi connectivity index (χ1) is 10.3. The lowest BCUT2D eigenvalue weighted by molar-refractivity contribution is 0.592. The summed E-state index contributed by atoms with van der Waals surface area (Å²) in [4.78, 5) is 0. The van der Waals surface area contributed by atoms with E-state index in [0.29, 0.717) is 0 Å². The van der Waals surface area contributed by atoms with Crippen molar-refractivity contribution in [2.75, 3.05) is 7.05 Å². The molecule has 0 amide bonds. The third kappa shape index (κ3) is 2.96. The van der Waals surface area contributed by atoms with E-state index in [4.69, 9.17) is 0 Å². The molecule has 3 rings (SSSR count). The van der Waals surface area contributed by atoms with Crippen LogP contribution in [0.4, 0.5) is 4.39 Å². The molecule has 0 aliphatic carbocycles. The van der Waals surface area contributed by atoms with Crippen molar-refractivity contribution in [3.8, 4) is 0 Å². The molecule has 3 aromatic carbocycles. The van der Waals surface area contributed by atoms with Crippen LogP contribution in [0.3, 0.4) is 0 Å². The Hall–Kier alpha value is -2.19. The molecule has 106 valence electrons. The molecule has 1 unspecified atom stereocenters. The predicted molar refractivity (Wildman–Crippen MR) is 85.9 cm³/mol. The van der Waals surface area contributed by atoms with E-state index in [1.807, 2.05) is 19.2 Å². The van der Waals surface area contributed by atoms with Gasteiger partial charge in [0.25, 0.3) is 0 Å². The molecule has 3 aromatic rings. The van der Waals surface area contributed by atoms with E-state index in [0.717, 1.165) is 12.0 Å². The summed E-state index contributed by atoms with van der Waals surface area (Å²) in [5.74, 6) is -0.190. The van der Waals surface area contributed by atoms with E-state index in [-0.39, 0.29) is 11.9 Å². The Labute approximate surface area is 124 Å². The molecule has 0 aliphatic rings. The Morgan fingerprint density at radius 1 is 0.905 bits per heavy atom. The highest BCUT2D eigenvalue weighted by atomic mass is 19.1. The lowest BCUT2D eigenvalue weighted by atomic mass is 9.94. The van der Waals surface area contributed by atoms with E-state index < -0.39 is 0 Å². The molecule has 0 spiro atoms. The number of hydrogen-bond acceptors (Lipinski definition) is 1. The summed E-state index contributed by atoms with van der Waals surface area (Å²) in [5, 5.41) is 5.89. The minimum absolute atomic E-state index is 0.190. The number of likely N-dealkylation sites (N-methyl/N-ethyl adjacent to an activating group) is 1. The Morgan fingerprint density at radius 2 is 1.62 bits per heavy atom. The van der Waals surface area contributed by atoms with Gasteiger partial charge in [0, 0.05) is 6.04 Å². The fourth-order valence-electron chi connectivity index (χ4n) is 2.78. The summed E-state index contributed by atoms with van der Waals surface area (Å²) in [6, 6.07) is 21.7. The van der Waals surface area contributed by atoms with Crippen LogP contribution in [0.2, 0.25) is 0 Å². The quantitative estimate of drug-likeness (QED) is 0.742. The smallest absolute Gasteiger partial charge is 0.123 e. The molecule has 21 heavy (non-hydrogen) atoms. The number of hydrogen-bond donors (Lipinski definition) is 1. The van der Waals surface area contributed by atoms with E-state index in [2.05, 4.69) is 47.8 Å². The first-order valence-electron chi connectivity index (χ1n) is 7.17. The molecule has 0 saturated carbocycles. The van der Waals surface area contributed by atoms with Gasteiger partial charge in [0.2, 0.25) is 0 Å². The van der Waals surface area contributed by atoms with Crippen LogP contribution in [0.15, 0.2) is 66.7 Å². The van der Waals surface area contributed by atoms with E-state index in [1.54, 1.807) is 0 Å². The first-order valence-corrected chi connectivity index (χ1v) is 7.17. The van der Waals surface area contributed by atoms with Crippen molar-refractivity contribution in [1.29, 1.82) is 0 Å². The Bertz CT molecular complexity index is 729. The van der Waals surface area contributed by atoms with Gasteiger partial charge >= 0.3 is 0 Å². The summed E-state index contributed by atoms with van der Waals surface area (Å²) >= 11 is 0. The molecule has 2 heteroatoms. The molecular formula is C19H18FN. The monoisotopic (exact) mass is 279 g/mol. The maximum atomic E-state index is 13.0. The topological polar surface area (TPSA) is 12.0 Å². The first kappa shape index (κ1) is 13.8. The molecule has 0 fully saturated rings. The van der Waals surface area contributed by atoms with Gasteiger partial charge in [-0.3, -0.25) is 0 Å². The molecule has 1 N–H and O–H groups in total. The SMILES string of the molecule is CNC(Cc1ccc(F)cc1)c1cccc2ccccc12. The second-order valence-electron chi connectivity index (χ2n) is 5.24. The molecule has 1 atom stereocenters. The number of halogens is 1. The Balaban J connectivity index is 1.96. The van der Waals surface area contributed by atoms with Crippen molar-refractivity contribution >= 4 is 10.8 Å². The predicted octanol–water partition coefficient (Wildman–Crippen LogP) is 4.48. The second-order valence-corrected chi connectivity index (χ2v) is 5.24. The van der Waals surface area contributed by atoms with Crippen LogP contribution in [0.25, 0.3) is 10.8 Å². The van der Waals surface area contributed by atoms with Gasteiger partial charge in [0.1, 0.15) is 5.82 Å². The number of nitrogens with one attached hydrogen (secondary N) is 1. The lowest BCUT2D eigenvalue weighted by Gasteiger charge is -2.19. The van der Waals surface area contributed by atoms with Gasteiger partial charge in [-0.25, -0.2) is 4.39 Å². The number of benzene rings is 3. The maximum Gasteiger partial charge on any atom is 0.123 e. The normalized spacial score (nSPS) is 12.5. The molecule has 0 heterocycles. The summed E-state index contributed by atoms with van der Waals surface area (Å²) in [6.45, 7) is 0. The standard InChI is InChI=1S/C19H18FN/c1-21-19(13-14-9-11-16(20)12-10-14)18-8-4-6-15-5-2-3-7-17(15)18/h2-12,19,21H,13H2,1H3.